The molecule has 1 fully saturated rings. The lowest BCUT2D eigenvalue weighted by Gasteiger charge is -2.09. The van der Waals surface area contributed by atoms with Crippen molar-refractivity contribution in [3.8, 4) is 5.75 Å². The highest BCUT2D eigenvalue weighted by atomic mass is 16.5. The van der Waals surface area contributed by atoms with Gasteiger partial charge in [-0.15, -0.1) is 0 Å². The van der Waals surface area contributed by atoms with Crippen LogP contribution in [0.15, 0.2) is 36.4 Å². The molecule has 4 heteroatoms. The van der Waals surface area contributed by atoms with Gasteiger partial charge in [-0.25, -0.2) is 0 Å². The number of allylic oxidation sites excluding steroid dienone is 2. The Kier molecular flexibility index (Phi) is 4.18. The van der Waals surface area contributed by atoms with Gasteiger partial charge in [-0.1, -0.05) is 18.2 Å². The van der Waals surface area contributed by atoms with E-state index in [0.717, 1.165) is 29.5 Å². The Morgan fingerprint density at radius 3 is 2.95 bits per heavy atom. The van der Waals surface area contributed by atoms with E-state index in [0.29, 0.717) is 24.9 Å². The Labute approximate surface area is 130 Å². The first-order chi connectivity index (χ1) is 10.7. The summed E-state index contributed by atoms with van der Waals surface area (Å²) in [5.41, 5.74) is 1.73. The molecule has 0 saturated heterocycles. The van der Waals surface area contributed by atoms with E-state index < -0.39 is 0 Å². The first kappa shape index (κ1) is 14.7. The predicted octanol–water partition coefficient (Wildman–Crippen LogP) is 3.51. The molecule has 0 aliphatic heterocycles. The summed E-state index contributed by atoms with van der Waals surface area (Å²) in [5.74, 6) is 0.838. The molecule has 0 spiro atoms. The number of carbonyl (C=O) groups is 1. The number of nitrogens with one attached hydrogen (secondary N) is 1. The number of amides is 1. The van der Waals surface area contributed by atoms with E-state index in [1.807, 2.05) is 44.2 Å². The van der Waals surface area contributed by atoms with Crippen LogP contribution in [0.25, 0.3) is 10.9 Å². The van der Waals surface area contributed by atoms with E-state index in [2.05, 4.69) is 16.0 Å². The first-order valence-electron chi connectivity index (χ1n) is 7.91. The van der Waals surface area contributed by atoms with E-state index in [1.54, 1.807) is 0 Å². The largest absolute Gasteiger partial charge is 0.493 e. The number of hydrogen-bond acceptors (Lipinski definition) is 2. The van der Waals surface area contributed by atoms with Gasteiger partial charge in [0.15, 0.2) is 0 Å². The Hall–Kier alpha value is -2.23. The summed E-state index contributed by atoms with van der Waals surface area (Å²) in [5, 5.41) is 4.07. The Morgan fingerprint density at radius 1 is 1.45 bits per heavy atom. The molecule has 22 heavy (non-hydrogen) atoms. The molecule has 0 unspecified atom stereocenters. The third kappa shape index (κ3) is 2.86. The first-order valence-corrected chi connectivity index (χ1v) is 7.91. The van der Waals surface area contributed by atoms with Crippen LogP contribution in [0.4, 0.5) is 0 Å². The minimum Gasteiger partial charge on any atom is -0.493 e. The molecular formula is C18H22N2O2. The Morgan fingerprint density at radius 2 is 2.27 bits per heavy atom. The topological polar surface area (TPSA) is 43.3 Å². The summed E-state index contributed by atoms with van der Waals surface area (Å²) in [6.45, 7) is 5.25. The Bertz CT molecular complexity index is 711. The average molecular weight is 298 g/mol. The number of ether oxygens (including phenoxy) is 1. The maximum atomic E-state index is 12.5. The molecule has 1 N–H and O–H groups in total. The second-order valence-corrected chi connectivity index (χ2v) is 5.58. The maximum Gasteiger partial charge on any atom is 0.268 e. The van der Waals surface area contributed by atoms with E-state index >= 15 is 0 Å². The number of fused-ring (bicyclic) bond motifs is 1. The van der Waals surface area contributed by atoms with Crippen molar-refractivity contribution in [1.82, 2.24) is 9.88 Å². The van der Waals surface area contributed by atoms with Crippen molar-refractivity contribution in [2.75, 3.05) is 6.61 Å². The van der Waals surface area contributed by atoms with Crippen LogP contribution >= 0.6 is 0 Å². The quantitative estimate of drug-likeness (QED) is 0.829. The number of rotatable bonds is 6. The molecular weight excluding hydrogens is 276 g/mol. The van der Waals surface area contributed by atoms with Crippen LogP contribution in [0, 0.1) is 0 Å². The monoisotopic (exact) mass is 298 g/mol. The van der Waals surface area contributed by atoms with Crippen molar-refractivity contribution in [3.63, 3.8) is 0 Å². The van der Waals surface area contributed by atoms with E-state index in [-0.39, 0.29) is 5.91 Å². The molecule has 116 valence electrons. The van der Waals surface area contributed by atoms with Crippen LogP contribution in [0.2, 0.25) is 0 Å². The van der Waals surface area contributed by atoms with Crippen LogP contribution in [0.5, 0.6) is 5.75 Å². The summed E-state index contributed by atoms with van der Waals surface area (Å²) < 4.78 is 7.75. The van der Waals surface area contributed by atoms with Crippen molar-refractivity contribution in [2.24, 2.45) is 0 Å². The van der Waals surface area contributed by atoms with Crippen LogP contribution in [0.1, 0.15) is 37.2 Å². The zero-order valence-corrected chi connectivity index (χ0v) is 13.1. The average Bonchev–Trinajstić information content (AvgIpc) is 3.24. The van der Waals surface area contributed by atoms with Crippen LogP contribution in [-0.2, 0) is 6.54 Å². The fourth-order valence-electron chi connectivity index (χ4n) is 2.62. The van der Waals surface area contributed by atoms with E-state index in [4.69, 9.17) is 4.74 Å². The summed E-state index contributed by atoms with van der Waals surface area (Å²) in [4.78, 5) is 12.5. The molecule has 1 amide bonds. The van der Waals surface area contributed by atoms with E-state index in [1.165, 1.54) is 0 Å². The molecule has 1 heterocycles. The predicted molar refractivity (Wildman–Crippen MR) is 88.4 cm³/mol. The smallest absolute Gasteiger partial charge is 0.268 e. The number of carbonyl (C=O) groups excluding carboxylic acids is 1. The second-order valence-electron chi connectivity index (χ2n) is 5.58. The molecule has 0 atom stereocenters. The fourth-order valence-corrected chi connectivity index (χ4v) is 2.62. The van der Waals surface area contributed by atoms with Gasteiger partial charge in [0, 0.05) is 18.0 Å². The zero-order chi connectivity index (χ0) is 15.5. The third-order valence-corrected chi connectivity index (χ3v) is 3.87. The second kappa shape index (κ2) is 6.26. The standard InChI is InChI=1S/C18H22N2O2/c1-3-5-11-20-15-7-6-8-17(22-4-2)14(15)12-16(20)18(21)19-13-9-10-13/h3,5-8,12-13H,4,9-11H2,1-2H3,(H,19,21)/b5-3-. The number of aromatic nitrogens is 1. The normalized spacial score (nSPS) is 14.6. The molecule has 4 nitrogen and oxygen atoms in total. The molecule has 1 aromatic heterocycles. The lowest BCUT2D eigenvalue weighted by Crippen LogP contribution is -2.27. The van der Waals surface area contributed by atoms with Gasteiger partial charge in [0.1, 0.15) is 11.4 Å². The minimum absolute atomic E-state index is 0.00523. The third-order valence-electron chi connectivity index (χ3n) is 3.87. The maximum absolute atomic E-state index is 12.5. The minimum atomic E-state index is 0.00523. The Balaban J connectivity index is 2.07. The molecule has 2 aromatic rings. The van der Waals surface area contributed by atoms with Crippen molar-refractivity contribution in [3.05, 3.63) is 42.1 Å². The van der Waals surface area contributed by atoms with Crippen molar-refractivity contribution in [2.45, 2.75) is 39.3 Å². The molecule has 1 aromatic carbocycles. The summed E-state index contributed by atoms with van der Waals surface area (Å²) >= 11 is 0. The lowest BCUT2D eigenvalue weighted by atomic mass is 10.2. The van der Waals surface area contributed by atoms with E-state index in [9.17, 15) is 4.79 Å². The van der Waals surface area contributed by atoms with Gasteiger partial charge < -0.3 is 14.6 Å². The highest BCUT2D eigenvalue weighted by molar-refractivity contribution is 6.00. The van der Waals surface area contributed by atoms with Crippen LogP contribution in [0.3, 0.4) is 0 Å². The molecule has 0 bridgehead atoms. The highest BCUT2D eigenvalue weighted by Crippen LogP contribution is 2.30. The highest BCUT2D eigenvalue weighted by Gasteiger charge is 2.26. The summed E-state index contributed by atoms with van der Waals surface area (Å²) in [7, 11) is 0. The van der Waals surface area contributed by atoms with Gasteiger partial charge in [0.05, 0.1) is 12.1 Å². The SMILES string of the molecule is C/C=C\Cn1c(C(=O)NC2CC2)cc2c(OCC)cccc21. The molecule has 1 aliphatic carbocycles. The number of benzene rings is 1. The van der Waals surface area contributed by atoms with Gasteiger partial charge in [-0.05, 0) is 44.9 Å². The molecule has 0 radical (unpaired) electrons. The molecule has 1 aliphatic rings. The van der Waals surface area contributed by atoms with Gasteiger partial charge >= 0.3 is 0 Å². The van der Waals surface area contributed by atoms with Crippen LogP contribution in [-0.4, -0.2) is 23.1 Å². The van der Waals surface area contributed by atoms with Gasteiger partial charge in [0.2, 0.25) is 0 Å². The number of nitrogens with zero attached hydrogens (tertiary/aromatic N) is 1. The van der Waals surface area contributed by atoms with Gasteiger partial charge in [-0.3, -0.25) is 4.79 Å². The summed E-state index contributed by atoms with van der Waals surface area (Å²) in [6.07, 6.45) is 6.23. The van der Waals surface area contributed by atoms with Crippen molar-refractivity contribution in [1.29, 1.82) is 0 Å². The van der Waals surface area contributed by atoms with Crippen molar-refractivity contribution < 1.29 is 9.53 Å². The van der Waals surface area contributed by atoms with Gasteiger partial charge in [0.25, 0.3) is 5.91 Å². The fraction of sp³-hybridized carbons (Fsp3) is 0.389. The van der Waals surface area contributed by atoms with Gasteiger partial charge in [-0.2, -0.15) is 0 Å². The summed E-state index contributed by atoms with van der Waals surface area (Å²) in [6, 6.07) is 8.26. The van der Waals surface area contributed by atoms with Crippen LogP contribution < -0.4 is 10.1 Å². The van der Waals surface area contributed by atoms with Crippen molar-refractivity contribution >= 4 is 16.8 Å². The lowest BCUT2D eigenvalue weighted by molar-refractivity contribution is 0.0942. The zero-order valence-electron chi connectivity index (χ0n) is 13.1. The molecule has 1 saturated carbocycles. The number of hydrogen-bond donors (Lipinski definition) is 1. The molecule has 3 rings (SSSR count).